The number of phenols is 1. The Hall–Kier alpha value is -2.33. The van der Waals surface area contributed by atoms with Crippen molar-refractivity contribution in [1.29, 1.82) is 0 Å². The molecule has 3 rings (SSSR count). The van der Waals surface area contributed by atoms with Crippen molar-refractivity contribution >= 4 is 28.2 Å². The monoisotopic (exact) mass is 302 g/mol. The van der Waals surface area contributed by atoms with E-state index in [0.29, 0.717) is 22.6 Å². The maximum atomic E-state index is 13.3. The van der Waals surface area contributed by atoms with Crippen molar-refractivity contribution in [2.75, 3.05) is 5.32 Å². The summed E-state index contributed by atoms with van der Waals surface area (Å²) in [6.07, 6.45) is 1.68. The number of nitrogens with one attached hydrogen (secondary N) is 1. The number of anilines is 1. The summed E-state index contributed by atoms with van der Waals surface area (Å²) in [6, 6.07) is 11.8. The Morgan fingerprint density at radius 2 is 2.00 bits per heavy atom. The van der Waals surface area contributed by atoms with Gasteiger partial charge in [-0.15, -0.1) is 0 Å². The van der Waals surface area contributed by atoms with Crippen molar-refractivity contribution in [2.24, 2.45) is 0 Å². The predicted octanol–water partition coefficient (Wildman–Crippen LogP) is 4.35. The minimum Gasteiger partial charge on any atom is -0.505 e. The van der Waals surface area contributed by atoms with Gasteiger partial charge in [-0.2, -0.15) is 0 Å². The summed E-state index contributed by atoms with van der Waals surface area (Å²) in [5.41, 5.74) is 2.01. The number of rotatable bonds is 3. The Morgan fingerprint density at radius 1 is 1.14 bits per heavy atom. The summed E-state index contributed by atoms with van der Waals surface area (Å²) >= 11 is 6.11. The molecule has 0 bridgehead atoms. The summed E-state index contributed by atoms with van der Waals surface area (Å²) < 4.78 is 13.3. The topological polar surface area (TPSA) is 45.1 Å². The Balaban J connectivity index is 1.92. The zero-order chi connectivity index (χ0) is 14.8. The van der Waals surface area contributed by atoms with Gasteiger partial charge in [0.1, 0.15) is 0 Å². The number of nitrogens with zero attached hydrogens (tertiary/aromatic N) is 1. The number of hydrogen-bond donors (Lipinski definition) is 2. The fourth-order valence-electron chi connectivity index (χ4n) is 2.19. The van der Waals surface area contributed by atoms with Crippen molar-refractivity contribution in [3.8, 4) is 5.75 Å². The number of aromatic hydroxyl groups is 1. The first-order valence-corrected chi connectivity index (χ1v) is 6.78. The van der Waals surface area contributed by atoms with Crippen LogP contribution < -0.4 is 5.32 Å². The minimum atomic E-state index is -0.628. The van der Waals surface area contributed by atoms with Crippen LogP contribution in [0, 0.1) is 5.82 Å². The molecule has 5 heteroatoms. The molecule has 0 saturated carbocycles. The summed E-state index contributed by atoms with van der Waals surface area (Å²) in [5.74, 6) is -0.960. The number of benzene rings is 2. The van der Waals surface area contributed by atoms with Gasteiger partial charge in [-0.05, 0) is 30.3 Å². The smallest absolute Gasteiger partial charge is 0.165 e. The van der Waals surface area contributed by atoms with E-state index in [2.05, 4.69) is 10.3 Å². The quantitative estimate of drug-likeness (QED) is 0.756. The first-order chi connectivity index (χ1) is 10.2. The Bertz CT molecular complexity index is 807. The summed E-state index contributed by atoms with van der Waals surface area (Å²) in [4.78, 5) is 4.25. The van der Waals surface area contributed by atoms with Crippen molar-refractivity contribution in [3.05, 3.63) is 65.1 Å². The SMILES string of the molecule is Oc1c(F)cccc1CNc1ccc(Cl)c2ncccc12. The Morgan fingerprint density at radius 3 is 2.86 bits per heavy atom. The van der Waals surface area contributed by atoms with Gasteiger partial charge in [0.2, 0.25) is 0 Å². The summed E-state index contributed by atoms with van der Waals surface area (Å²) in [7, 11) is 0. The highest BCUT2D eigenvalue weighted by Crippen LogP contribution is 2.29. The Labute approximate surface area is 126 Å². The lowest BCUT2D eigenvalue weighted by Gasteiger charge is -2.11. The van der Waals surface area contributed by atoms with Crippen molar-refractivity contribution in [2.45, 2.75) is 6.54 Å². The summed E-state index contributed by atoms with van der Waals surface area (Å²) in [6.45, 7) is 0.301. The number of phenolic OH excluding ortho intramolecular Hbond substituents is 1. The third-order valence-corrected chi connectivity index (χ3v) is 3.57. The number of fused-ring (bicyclic) bond motifs is 1. The van der Waals surface area contributed by atoms with Crippen molar-refractivity contribution < 1.29 is 9.50 Å². The molecule has 3 aromatic rings. The van der Waals surface area contributed by atoms with Crippen LogP contribution in [0.1, 0.15) is 5.56 Å². The summed E-state index contributed by atoms with van der Waals surface area (Å²) in [5, 5.41) is 14.3. The van der Waals surface area contributed by atoms with Crippen molar-refractivity contribution in [1.82, 2.24) is 4.98 Å². The van der Waals surface area contributed by atoms with Crippen LogP contribution in [0.5, 0.6) is 5.75 Å². The van der Waals surface area contributed by atoms with E-state index in [4.69, 9.17) is 11.6 Å². The molecule has 106 valence electrons. The van der Waals surface area contributed by atoms with Gasteiger partial charge in [-0.3, -0.25) is 4.98 Å². The van der Waals surface area contributed by atoms with Crippen LogP contribution in [-0.4, -0.2) is 10.1 Å². The lowest BCUT2D eigenvalue weighted by atomic mass is 10.1. The molecule has 1 heterocycles. The molecule has 0 radical (unpaired) electrons. The minimum absolute atomic E-state index is 0.301. The number of halogens is 2. The molecule has 0 atom stereocenters. The average Bonchev–Trinajstić information content (AvgIpc) is 2.51. The zero-order valence-electron chi connectivity index (χ0n) is 11.0. The highest BCUT2D eigenvalue weighted by Gasteiger charge is 2.08. The zero-order valence-corrected chi connectivity index (χ0v) is 11.7. The normalized spacial score (nSPS) is 10.8. The molecule has 0 spiro atoms. The Kier molecular flexibility index (Phi) is 3.62. The second kappa shape index (κ2) is 5.58. The van der Waals surface area contributed by atoms with Gasteiger partial charge in [-0.25, -0.2) is 4.39 Å². The van der Waals surface area contributed by atoms with E-state index in [0.717, 1.165) is 11.1 Å². The second-order valence-corrected chi connectivity index (χ2v) is 5.00. The van der Waals surface area contributed by atoms with Crippen LogP contribution in [0.4, 0.5) is 10.1 Å². The molecule has 0 aliphatic heterocycles. The van der Waals surface area contributed by atoms with Gasteiger partial charge in [0.25, 0.3) is 0 Å². The third kappa shape index (κ3) is 2.62. The first-order valence-electron chi connectivity index (χ1n) is 6.40. The molecule has 2 N–H and O–H groups in total. The molecule has 21 heavy (non-hydrogen) atoms. The van der Waals surface area contributed by atoms with E-state index >= 15 is 0 Å². The molecule has 0 amide bonds. The van der Waals surface area contributed by atoms with E-state index in [9.17, 15) is 9.50 Å². The van der Waals surface area contributed by atoms with Gasteiger partial charge in [0, 0.05) is 29.4 Å². The first kappa shape index (κ1) is 13.6. The van der Waals surface area contributed by atoms with Gasteiger partial charge in [0.05, 0.1) is 10.5 Å². The molecule has 0 aliphatic rings. The number of aromatic nitrogens is 1. The number of pyridine rings is 1. The van der Waals surface area contributed by atoms with Crippen LogP contribution >= 0.6 is 11.6 Å². The average molecular weight is 303 g/mol. The third-order valence-electron chi connectivity index (χ3n) is 3.26. The molecule has 3 nitrogen and oxygen atoms in total. The second-order valence-electron chi connectivity index (χ2n) is 4.60. The lowest BCUT2D eigenvalue weighted by molar-refractivity contribution is 0.427. The van der Waals surface area contributed by atoms with Gasteiger partial charge in [-0.1, -0.05) is 23.7 Å². The van der Waals surface area contributed by atoms with Crippen LogP contribution in [0.25, 0.3) is 10.9 Å². The van der Waals surface area contributed by atoms with Crippen LogP contribution in [0.15, 0.2) is 48.7 Å². The fourth-order valence-corrected chi connectivity index (χ4v) is 2.40. The van der Waals surface area contributed by atoms with Crippen LogP contribution in [0.3, 0.4) is 0 Å². The van der Waals surface area contributed by atoms with Crippen LogP contribution in [0.2, 0.25) is 5.02 Å². The van der Waals surface area contributed by atoms with Gasteiger partial charge >= 0.3 is 0 Å². The highest BCUT2D eigenvalue weighted by atomic mass is 35.5. The van der Waals surface area contributed by atoms with E-state index in [1.54, 1.807) is 24.4 Å². The highest BCUT2D eigenvalue weighted by molar-refractivity contribution is 6.35. The van der Waals surface area contributed by atoms with E-state index < -0.39 is 5.82 Å². The molecule has 0 fully saturated rings. The molecule has 1 aromatic heterocycles. The number of hydrogen-bond acceptors (Lipinski definition) is 3. The molecule has 0 saturated heterocycles. The number of para-hydroxylation sites is 1. The maximum Gasteiger partial charge on any atom is 0.165 e. The molecular weight excluding hydrogens is 291 g/mol. The molecule has 2 aromatic carbocycles. The maximum absolute atomic E-state index is 13.3. The van der Waals surface area contributed by atoms with E-state index in [1.807, 2.05) is 18.2 Å². The molecular formula is C16H12ClFN2O. The standard InChI is InChI=1S/C16H12ClFN2O/c17-12-6-7-14(11-4-2-8-19-15(11)12)20-9-10-3-1-5-13(18)16(10)21/h1-8,20-21H,9H2. The van der Waals surface area contributed by atoms with Crippen molar-refractivity contribution in [3.63, 3.8) is 0 Å². The largest absolute Gasteiger partial charge is 0.505 e. The molecule has 0 aliphatic carbocycles. The lowest BCUT2D eigenvalue weighted by Crippen LogP contribution is -2.01. The van der Waals surface area contributed by atoms with E-state index in [1.165, 1.54) is 6.07 Å². The predicted molar refractivity (Wildman–Crippen MR) is 82.1 cm³/mol. The van der Waals surface area contributed by atoms with E-state index in [-0.39, 0.29) is 5.75 Å². The van der Waals surface area contributed by atoms with Gasteiger partial charge in [0.15, 0.2) is 11.6 Å². The van der Waals surface area contributed by atoms with Crippen LogP contribution in [-0.2, 0) is 6.54 Å². The van der Waals surface area contributed by atoms with Gasteiger partial charge < -0.3 is 10.4 Å². The fraction of sp³-hybridized carbons (Fsp3) is 0.0625. The molecule has 0 unspecified atom stereocenters.